The summed E-state index contributed by atoms with van der Waals surface area (Å²) in [6, 6.07) is 8.74. The maximum atomic E-state index is 13.7. The summed E-state index contributed by atoms with van der Waals surface area (Å²) in [6.45, 7) is 1.96. The third-order valence-corrected chi connectivity index (χ3v) is 4.45. The van der Waals surface area contributed by atoms with Gasteiger partial charge in [-0.05, 0) is 40.5 Å². The van der Waals surface area contributed by atoms with Crippen LogP contribution in [-0.2, 0) is 5.88 Å². The molecule has 0 saturated heterocycles. The van der Waals surface area contributed by atoms with Crippen LogP contribution in [0.15, 0.2) is 34.8 Å². The van der Waals surface area contributed by atoms with E-state index in [1.807, 2.05) is 29.7 Å². The molecule has 21 heavy (non-hydrogen) atoms. The Labute approximate surface area is 139 Å². The number of hydrogen-bond donors (Lipinski definition) is 0. The number of halogens is 4. The van der Waals surface area contributed by atoms with Crippen LogP contribution in [0, 0.1) is 12.7 Å². The molecule has 2 aromatic carbocycles. The lowest BCUT2D eigenvalue weighted by atomic mass is 10.2. The van der Waals surface area contributed by atoms with Crippen LogP contribution in [-0.4, -0.2) is 9.55 Å². The molecule has 6 heteroatoms. The summed E-state index contributed by atoms with van der Waals surface area (Å²) in [5.41, 5.74) is 3.12. The number of aryl methyl sites for hydroxylation is 1. The van der Waals surface area contributed by atoms with Crippen molar-refractivity contribution in [3.63, 3.8) is 0 Å². The Kier molecular flexibility index (Phi) is 3.95. The van der Waals surface area contributed by atoms with Crippen molar-refractivity contribution >= 4 is 50.2 Å². The molecule has 0 aliphatic carbocycles. The van der Waals surface area contributed by atoms with Gasteiger partial charge in [0.05, 0.1) is 32.1 Å². The van der Waals surface area contributed by atoms with Crippen LogP contribution >= 0.6 is 39.1 Å². The van der Waals surface area contributed by atoms with Gasteiger partial charge in [-0.15, -0.1) is 11.6 Å². The van der Waals surface area contributed by atoms with E-state index in [1.54, 1.807) is 6.07 Å². The Balaban J connectivity index is 2.43. The van der Waals surface area contributed by atoms with Gasteiger partial charge in [-0.25, -0.2) is 9.37 Å². The highest BCUT2D eigenvalue weighted by atomic mass is 79.9. The fourth-order valence-corrected chi connectivity index (χ4v) is 3.18. The normalized spacial score (nSPS) is 11.3. The van der Waals surface area contributed by atoms with Crippen molar-refractivity contribution in [3.8, 4) is 5.69 Å². The molecule has 0 aliphatic rings. The van der Waals surface area contributed by atoms with E-state index in [0.717, 1.165) is 16.8 Å². The highest BCUT2D eigenvalue weighted by molar-refractivity contribution is 9.10. The Morgan fingerprint density at radius 1 is 1.33 bits per heavy atom. The minimum absolute atomic E-state index is 0.207. The summed E-state index contributed by atoms with van der Waals surface area (Å²) in [5.74, 6) is 0.475. The average Bonchev–Trinajstić information content (AvgIpc) is 2.77. The molecule has 0 atom stereocenters. The second kappa shape index (κ2) is 5.59. The molecule has 0 bridgehead atoms. The molecule has 0 fully saturated rings. The van der Waals surface area contributed by atoms with Crippen LogP contribution in [0.4, 0.5) is 4.39 Å². The Morgan fingerprint density at radius 3 is 2.76 bits per heavy atom. The van der Waals surface area contributed by atoms with Gasteiger partial charge in [0.1, 0.15) is 11.6 Å². The minimum atomic E-state index is -0.357. The fourth-order valence-electron chi connectivity index (χ4n) is 2.37. The lowest BCUT2D eigenvalue weighted by Gasteiger charge is -2.13. The maximum absolute atomic E-state index is 13.7. The molecule has 108 valence electrons. The monoisotopic (exact) mass is 386 g/mol. The molecular weight excluding hydrogens is 378 g/mol. The predicted octanol–water partition coefficient (Wildman–Crippen LogP) is 5.63. The highest BCUT2D eigenvalue weighted by Gasteiger charge is 2.17. The molecule has 0 aliphatic heterocycles. The van der Waals surface area contributed by atoms with Gasteiger partial charge >= 0.3 is 0 Å². The average molecular weight is 388 g/mol. The number of rotatable bonds is 2. The van der Waals surface area contributed by atoms with Crippen LogP contribution in [0.1, 0.15) is 11.4 Å². The second-order valence-electron chi connectivity index (χ2n) is 4.66. The first-order valence-electron chi connectivity index (χ1n) is 6.20. The van der Waals surface area contributed by atoms with Gasteiger partial charge in [0, 0.05) is 6.07 Å². The third-order valence-electron chi connectivity index (χ3n) is 3.30. The van der Waals surface area contributed by atoms with Crippen molar-refractivity contribution in [2.75, 3.05) is 0 Å². The molecular formula is C15H10BrCl2FN2. The van der Waals surface area contributed by atoms with E-state index in [4.69, 9.17) is 23.2 Å². The molecule has 0 radical (unpaired) electrons. The largest absolute Gasteiger partial charge is 0.293 e. The molecule has 3 aromatic rings. The number of hydrogen-bond acceptors (Lipinski definition) is 1. The van der Waals surface area contributed by atoms with E-state index in [1.165, 1.54) is 6.07 Å². The standard InChI is InChI=1S/C15H10BrCl2FN2/c1-8-3-2-4-10(18)15(8)21-13-5-9(16)11(19)6-12(13)20-14(21)7-17/h2-6H,7H2,1H3. The fraction of sp³-hybridized carbons (Fsp3) is 0.133. The molecule has 0 unspecified atom stereocenters. The summed E-state index contributed by atoms with van der Waals surface area (Å²) in [7, 11) is 0. The number of benzene rings is 2. The van der Waals surface area contributed by atoms with Gasteiger partial charge in [-0.2, -0.15) is 0 Å². The molecule has 1 heterocycles. The third kappa shape index (κ3) is 2.45. The van der Waals surface area contributed by atoms with Crippen LogP contribution < -0.4 is 0 Å². The Bertz CT molecular complexity index is 825. The first-order valence-corrected chi connectivity index (χ1v) is 7.91. The van der Waals surface area contributed by atoms with Gasteiger partial charge in [0.2, 0.25) is 0 Å². The van der Waals surface area contributed by atoms with Crippen molar-refractivity contribution in [1.82, 2.24) is 9.55 Å². The molecule has 2 nitrogen and oxygen atoms in total. The van der Waals surface area contributed by atoms with E-state index in [2.05, 4.69) is 20.9 Å². The van der Waals surface area contributed by atoms with Crippen molar-refractivity contribution in [2.24, 2.45) is 0 Å². The van der Waals surface area contributed by atoms with Crippen LogP contribution in [0.2, 0.25) is 5.02 Å². The lowest BCUT2D eigenvalue weighted by Crippen LogP contribution is -2.02. The topological polar surface area (TPSA) is 17.8 Å². The zero-order valence-electron chi connectivity index (χ0n) is 11.0. The number of alkyl halides is 1. The zero-order valence-corrected chi connectivity index (χ0v) is 14.1. The minimum Gasteiger partial charge on any atom is -0.293 e. The molecule has 0 amide bonds. The Hall–Kier alpha value is -1.10. The van der Waals surface area contributed by atoms with E-state index >= 15 is 0 Å². The lowest BCUT2D eigenvalue weighted by molar-refractivity contribution is 0.623. The smallest absolute Gasteiger partial charge is 0.139 e. The van der Waals surface area contributed by atoms with Gasteiger partial charge in [-0.3, -0.25) is 4.57 Å². The SMILES string of the molecule is Cc1cccc(Cl)c1-n1c(CCl)nc2cc(F)c(Br)cc21. The number of para-hydroxylation sites is 1. The first-order chi connectivity index (χ1) is 10.0. The highest BCUT2D eigenvalue weighted by Crippen LogP contribution is 2.32. The van der Waals surface area contributed by atoms with Crippen molar-refractivity contribution in [3.05, 3.63) is 57.0 Å². The quantitative estimate of drug-likeness (QED) is 0.521. The molecule has 1 aromatic heterocycles. The predicted molar refractivity (Wildman–Crippen MR) is 88.0 cm³/mol. The van der Waals surface area contributed by atoms with Gasteiger partial charge in [0.15, 0.2) is 0 Å². The molecule has 0 N–H and O–H groups in total. The van der Waals surface area contributed by atoms with E-state index in [-0.39, 0.29) is 11.7 Å². The molecule has 3 rings (SSSR count). The summed E-state index contributed by atoms with van der Waals surface area (Å²) >= 11 is 15.6. The van der Waals surface area contributed by atoms with Gasteiger partial charge in [-0.1, -0.05) is 23.7 Å². The number of imidazole rings is 1. The number of nitrogens with zero attached hydrogens (tertiary/aromatic N) is 2. The van der Waals surface area contributed by atoms with E-state index in [9.17, 15) is 4.39 Å². The van der Waals surface area contributed by atoms with Crippen LogP contribution in [0.3, 0.4) is 0 Å². The summed E-state index contributed by atoms with van der Waals surface area (Å²) in [5, 5.41) is 0.598. The zero-order chi connectivity index (χ0) is 15.1. The summed E-state index contributed by atoms with van der Waals surface area (Å²) in [6.07, 6.45) is 0. The Morgan fingerprint density at radius 2 is 2.10 bits per heavy atom. The van der Waals surface area contributed by atoms with E-state index in [0.29, 0.717) is 20.8 Å². The molecule has 0 spiro atoms. The number of fused-ring (bicyclic) bond motifs is 1. The van der Waals surface area contributed by atoms with Crippen molar-refractivity contribution in [2.45, 2.75) is 12.8 Å². The first kappa shape index (κ1) is 14.8. The maximum Gasteiger partial charge on any atom is 0.139 e. The second-order valence-corrected chi connectivity index (χ2v) is 6.19. The van der Waals surface area contributed by atoms with Gasteiger partial charge in [0.25, 0.3) is 0 Å². The van der Waals surface area contributed by atoms with Crippen LogP contribution in [0.25, 0.3) is 16.7 Å². The van der Waals surface area contributed by atoms with Crippen LogP contribution in [0.5, 0.6) is 0 Å². The summed E-state index contributed by atoms with van der Waals surface area (Å²) in [4.78, 5) is 4.40. The molecule has 0 saturated carbocycles. The summed E-state index contributed by atoms with van der Waals surface area (Å²) < 4.78 is 16.0. The van der Waals surface area contributed by atoms with Gasteiger partial charge < -0.3 is 0 Å². The number of aromatic nitrogens is 2. The van der Waals surface area contributed by atoms with Crippen molar-refractivity contribution in [1.29, 1.82) is 0 Å². The van der Waals surface area contributed by atoms with Crippen molar-refractivity contribution < 1.29 is 4.39 Å². The van der Waals surface area contributed by atoms with E-state index < -0.39 is 0 Å².